The fourth-order valence-corrected chi connectivity index (χ4v) is 3.99. The number of aromatic nitrogens is 4. The predicted molar refractivity (Wildman–Crippen MR) is 104 cm³/mol. The van der Waals surface area contributed by atoms with Crippen LogP contribution in [0.1, 0.15) is 29.8 Å². The molecule has 0 spiro atoms. The van der Waals surface area contributed by atoms with Crippen molar-refractivity contribution in [1.82, 2.24) is 25.1 Å². The number of carbonyl (C=O) groups is 1. The van der Waals surface area contributed by atoms with Crippen LogP contribution in [0.25, 0.3) is 0 Å². The Kier molecular flexibility index (Phi) is 5.00. The summed E-state index contributed by atoms with van der Waals surface area (Å²) < 4.78 is 0. The number of halogens is 1. The predicted octanol–water partition coefficient (Wildman–Crippen LogP) is 3.43. The molecule has 1 aliphatic rings. The van der Waals surface area contributed by atoms with Crippen LogP contribution in [0.5, 0.6) is 0 Å². The molecule has 0 unspecified atom stereocenters. The number of carboxylic acid groups (broad SMARTS) is 1. The highest BCUT2D eigenvalue weighted by atomic mass is 35.5. The van der Waals surface area contributed by atoms with Gasteiger partial charge in [-0.05, 0) is 41.3 Å². The van der Waals surface area contributed by atoms with Crippen LogP contribution in [0.2, 0.25) is 5.02 Å². The van der Waals surface area contributed by atoms with Crippen LogP contribution < -0.4 is 0 Å². The van der Waals surface area contributed by atoms with Crippen molar-refractivity contribution in [2.45, 2.75) is 24.8 Å². The van der Waals surface area contributed by atoms with Gasteiger partial charge >= 0.3 is 6.09 Å². The normalized spacial score (nSPS) is 16.1. The first kappa shape index (κ1) is 18.4. The van der Waals surface area contributed by atoms with Gasteiger partial charge < -0.3 is 10.0 Å². The molecule has 1 saturated heterocycles. The second kappa shape index (κ2) is 7.59. The summed E-state index contributed by atoms with van der Waals surface area (Å²) in [5.41, 5.74) is 1.63. The minimum Gasteiger partial charge on any atom is -0.465 e. The van der Waals surface area contributed by atoms with Gasteiger partial charge in [-0.2, -0.15) is 4.80 Å². The average Bonchev–Trinajstić information content (AvgIpc) is 3.17. The van der Waals surface area contributed by atoms with Gasteiger partial charge in [-0.15, -0.1) is 10.2 Å². The topological polar surface area (TPSA) is 84.1 Å². The summed E-state index contributed by atoms with van der Waals surface area (Å²) in [6.07, 6.45) is 0.345. The number of piperidine rings is 1. The van der Waals surface area contributed by atoms with E-state index in [0.29, 0.717) is 43.3 Å². The SMILES string of the molecule is O=C(O)N1CCC(c2ccccc2)(c2nnn(Cc3cccc(Cl)c3)n2)CC1. The van der Waals surface area contributed by atoms with Gasteiger partial charge in [0.05, 0.1) is 12.0 Å². The molecule has 3 aromatic rings. The van der Waals surface area contributed by atoms with Crippen LogP contribution in [-0.2, 0) is 12.0 Å². The van der Waals surface area contributed by atoms with Crippen LogP contribution >= 0.6 is 11.6 Å². The van der Waals surface area contributed by atoms with E-state index in [1.54, 1.807) is 4.80 Å². The van der Waals surface area contributed by atoms with E-state index < -0.39 is 11.5 Å². The molecule has 2 heterocycles. The average molecular weight is 398 g/mol. The molecule has 0 saturated carbocycles. The lowest BCUT2D eigenvalue weighted by Crippen LogP contribution is -2.45. The molecule has 1 aliphatic heterocycles. The maximum Gasteiger partial charge on any atom is 0.407 e. The van der Waals surface area contributed by atoms with Crippen molar-refractivity contribution < 1.29 is 9.90 Å². The third-order valence-electron chi connectivity index (χ3n) is 5.31. The number of benzene rings is 2. The number of likely N-dealkylation sites (tertiary alicyclic amines) is 1. The zero-order chi connectivity index (χ0) is 19.6. The maximum absolute atomic E-state index is 11.3. The number of amides is 1. The Hall–Kier alpha value is -2.93. The van der Waals surface area contributed by atoms with E-state index in [0.717, 1.165) is 11.1 Å². The third kappa shape index (κ3) is 3.57. The third-order valence-corrected chi connectivity index (χ3v) is 5.54. The molecule has 8 heteroatoms. The summed E-state index contributed by atoms with van der Waals surface area (Å²) in [7, 11) is 0. The Morgan fingerprint density at radius 2 is 1.86 bits per heavy atom. The van der Waals surface area contributed by atoms with Crippen molar-refractivity contribution in [2.75, 3.05) is 13.1 Å². The fraction of sp³-hybridized carbons (Fsp3) is 0.300. The highest BCUT2D eigenvalue weighted by Crippen LogP contribution is 2.39. The zero-order valence-electron chi connectivity index (χ0n) is 15.2. The molecule has 1 aromatic heterocycles. The van der Waals surface area contributed by atoms with E-state index in [4.69, 9.17) is 11.6 Å². The van der Waals surface area contributed by atoms with Crippen LogP contribution in [0.3, 0.4) is 0 Å². The quantitative estimate of drug-likeness (QED) is 0.729. The summed E-state index contributed by atoms with van der Waals surface area (Å²) in [6, 6.07) is 17.6. The number of hydrogen-bond acceptors (Lipinski definition) is 4. The molecule has 2 aromatic carbocycles. The molecule has 0 atom stereocenters. The van der Waals surface area contributed by atoms with Crippen LogP contribution in [-0.4, -0.2) is 49.4 Å². The van der Waals surface area contributed by atoms with Gasteiger partial charge in [-0.25, -0.2) is 4.79 Å². The monoisotopic (exact) mass is 397 g/mol. The van der Waals surface area contributed by atoms with Gasteiger partial charge in [0.25, 0.3) is 0 Å². The molecule has 1 N–H and O–H groups in total. The minimum absolute atomic E-state index is 0.438. The number of rotatable bonds is 4. The first-order valence-electron chi connectivity index (χ1n) is 9.13. The maximum atomic E-state index is 11.3. The summed E-state index contributed by atoms with van der Waals surface area (Å²) in [5, 5.41) is 23.2. The summed E-state index contributed by atoms with van der Waals surface area (Å²) in [4.78, 5) is 14.3. The standard InChI is InChI=1S/C20H20ClN5O2/c21-17-8-4-5-15(13-17)14-26-23-18(22-24-26)20(16-6-2-1-3-7-16)9-11-25(12-10-20)19(27)28/h1-8,13H,9-12,14H2,(H,27,28). The molecule has 144 valence electrons. The van der Waals surface area contributed by atoms with Gasteiger partial charge in [-0.3, -0.25) is 0 Å². The Morgan fingerprint density at radius 1 is 1.11 bits per heavy atom. The molecule has 1 fully saturated rings. The van der Waals surface area contributed by atoms with Crippen molar-refractivity contribution in [3.63, 3.8) is 0 Å². The Balaban J connectivity index is 1.65. The first-order valence-corrected chi connectivity index (χ1v) is 9.51. The van der Waals surface area contributed by atoms with E-state index in [-0.39, 0.29) is 0 Å². The largest absolute Gasteiger partial charge is 0.465 e. The molecule has 1 amide bonds. The van der Waals surface area contributed by atoms with Crippen LogP contribution in [0, 0.1) is 0 Å². The highest BCUT2D eigenvalue weighted by Gasteiger charge is 2.42. The number of hydrogen-bond donors (Lipinski definition) is 1. The van der Waals surface area contributed by atoms with Crippen LogP contribution in [0.15, 0.2) is 54.6 Å². The summed E-state index contributed by atoms with van der Waals surface area (Å²) >= 11 is 6.06. The molecule has 0 aliphatic carbocycles. The molecule has 28 heavy (non-hydrogen) atoms. The summed E-state index contributed by atoms with van der Waals surface area (Å²) in [5.74, 6) is 0.630. The van der Waals surface area contributed by atoms with Gasteiger partial charge in [0.2, 0.25) is 0 Å². The second-order valence-electron chi connectivity index (χ2n) is 6.99. The molecular formula is C20H20ClN5O2. The van der Waals surface area contributed by atoms with E-state index in [2.05, 4.69) is 15.4 Å². The molecule has 0 radical (unpaired) electrons. The lowest BCUT2D eigenvalue weighted by molar-refractivity contribution is 0.121. The van der Waals surface area contributed by atoms with Crippen molar-refractivity contribution in [3.05, 3.63) is 76.6 Å². The van der Waals surface area contributed by atoms with E-state index in [1.807, 2.05) is 54.6 Å². The van der Waals surface area contributed by atoms with Crippen molar-refractivity contribution >= 4 is 17.7 Å². The number of nitrogens with zero attached hydrogens (tertiary/aromatic N) is 5. The van der Waals surface area contributed by atoms with Gasteiger partial charge in [0.15, 0.2) is 5.82 Å². The second-order valence-corrected chi connectivity index (χ2v) is 7.43. The van der Waals surface area contributed by atoms with E-state index in [1.165, 1.54) is 4.90 Å². The van der Waals surface area contributed by atoms with E-state index >= 15 is 0 Å². The lowest BCUT2D eigenvalue weighted by Gasteiger charge is -2.39. The zero-order valence-corrected chi connectivity index (χ0v) is 16.0. The van der Waals surface area contributed by atoms with Crippen molar-refractivity contribution in [3.8, 4) is 0 Å². The van der Waals surface area contributed by atoms with Crippen molar-refractivity contribution in [1.29, 1.82) is 0 Å². The molecular weight excluding hydrogens is 378 g/mol. The van der Waals surface area contributed by atoms with Crippen LogP contribution in [0.4, 0.5) is 4.79 Å². The minimum atomic E-state index is -0.890. The molecule has 7 nitrogen and oxygen atoms in total. The van der Waals surface area contributed by atoms with Crippen molar-refractivity contribution in [2.24, 2.45) is 0 Å². The van der Waals surface area contributed by atoms with E-state index in [9.17, 15) is 9.90 Å². The van der Waals surface area contributed by atoms with Gasteiger partial charge in [-0.1, -0.05) is 54.1 Å². The lowest BCUT2D eigenvalue weighted by atomic mass is 9.72. The Bertz CT molecular complexity index is 967. The highest BCUT2D eigenvalue weighted by molar-refractivity contribution is 6.30. The fourth-order valence-electron chi connectivity index (χ4n) is 3.78. The molecule has 0 bridgehead atoms. The first-order chi connectivity index (χ1) is 13.6. The van der Waals surface area contributed by atoms with Gasteiger partial charge in [0, 0.05) is 18.1 Å². The summed E-state index contributed by atoms with van der Waals surface area (Å²) in [6.45, 7) is 1.35. The Labute approximate surface area is 167 Å². The smallest absolute Gasteiger partial charge is 0.407 e. The Morgan fingerprint density at radius 3 is 2.54 bits per heavy atom. The number of tetrazole rings is 1. The van der Waals surface area contributed by atoms with Gasteiger partial charge in [0.1, 0.15) is 0 Å². The molecule has 4 rings (SSSR count).